The molecule has 0 aliphatic heterocycles. The van der Waals surface area contributed by atoms with Crippen LogP contribution in [0.1, 0.15) is 20.8 Å². The van der Waals surface area contributed by atoms with Crippen molar-refractivity contribution in [3.05, 3.63) is 35.5 Å². The molecule has 0 unspecified atom stereocenters. The lowest BCUT2D eigenvalue weighted by Crippen LogP contribution is -1.95. The van der Waals surface area contributed by atoms with Gasteiger partial charge in [0, 0.05) is 10.9 Å². The second-order valence-corrected chi connectivity index (χ2v) is 2.92. The van der Waals surface area contributed by atoms with Crippen LogP contribution in [0, 0.1) is 0 Å². The Hall–Kier alpha value is -2.10. The molecule has 0 saturated carbocycles. The van der Waals surface area contributed by atoms with E-state index in [1.807, 2.05) is 0 Å². The number of carboxylic acids is 1. The van der Waals surface area contributed by atoms with Crippen molar-refractivity contribution in [1.29, 1.82) is 0 Å². The van der Waals surface area contributed by atoms with E-state index < -0.39 is 5.97 Å². The average molecular weight is 189 g/mol. The van der Waals surface area contributed by atoms with Gasteiger partial charge in [-0.25, -0.2) is 4.79 Å². The van der Waals surface area contributed by atoms with Crippen LogP contribution in [0.15, 0.2) is 24.3 Å². The quantitative estimate of drug-likeness (QED) is 0.706. The van der Waals surface area contributed by atoms with Crippen molar-refractivity contribution in [1.82, 2.24) is 4.98 Å². The molecule has 0 bridgehead atoms. The minimum Gasteiger partial charge on any atom is -0.477 e. The fourth-order valence-electron chi connectivity index (χ4n) is 1.39. The molecule has 0 saturated heterocycles. The first-order valence-electron chi connectivity index (χ1n) is 4.02. The molecule has 0 amide bonds. The van der Waals surface area contributed by atoms with Crippen molar-refractivity contribution in [3.63, 3.8) is 0 Å². The Morgan fingerprint density at radius 2 is 2.21 bits per heavy atom. The highest BCUT2D eigenvalue weighted by Gasteiger charge is 2.08. The van der Waals surface area contributed by atoms with Crippen LogP contribution >= 0.6 is 0 Å². The number of aldehydes is 1. The van der Waals surface area contributed by atoms with Crippen LogP contribution in [-0.4, -0.2) is 22.3 Å². The number of para-hydroxylation sites is 1. The van der Waals surface area contributed by atoms with Crippen LogP contribution in [-0.2, 0) is 0 Å². The number of aromatic carboxylic acids is 1. The van der Waals surface area contributed by atoms with E-state index >= 15 is 0 Å². The van der Waals surface area contributed by atoms with E-state index in [0.717, 1.165) is 5.39 Å². The van der Waals surface area contributed by atoms with Crippen LogP contribution in [0.25, 0.3) is 10.9 Å². The Bertz CT molecular complexity index is 513. The Balaban J connectivity index is 2.76. The maximum Gasteiger partial charge on any atom is 0.352 e. The number of H-pyrrole nitrogens is 1. The normalized spacial score (nSPS) is 10.3. The Kier molecular flexibility index (Phi) is 1.81. The highest BCUT2D eigenvalue weighted by molar-refractivity contribution is 6.00. The molecule has 1 aromatic heterocycles. The summed E-state index contributed by atoms with van der Waals surface area (Å²) in [6, 6.07) is 6.61. The topological polar surface area (TPSA) is 70.2 Å². The number of nitrogens with one attached hydrogen (secondary N) is 1. The highest BCUT2D eigenvalue weighted by atomic mass is 16.4. The van der Waals surface area contributed by atoms with E-state index in [1.54, 1.807) is 18.2 Å². The number of fused-ring (bicyclic) bond motifs is 1. The molecule has 0 aliphatic carbocycles. The molecule has 1 heterocycles. The fraction of sp³-hybridized carbons (Fsp3) is 0. The number of rotatable bonds is 2. The second-order valence-electron chi connectivity index (χ2n) is 2.92. The third kappa shape index (κ3) is 1.17. The number of carbonyl (C=O) groups is 2. The maximum absolute atomic E-state index is 10.7. The summed E-state index contributed by atoms with van der Waals surface area (Å²) >= 11 is 0. The molecule has 0 spiro atoms. The summed E-state index contributed by atoms with van der Waals surface area (Å²) in [7, 11) is 0. The van der Waals surface area contributed by atoms with Gasteiger partial charge in [-0.2, -0.15) is 0 Å². The Morgan fingerprint density at radius 3 is 2.86 bits per heavy atom. The molecule has 70 valence electrons. The maximum atomic E-state index is 10.7. The number of carbonyl (C=O) groups excluding carboxylic acids is 1. The molecule has 2 N–H and O–H groups in total. The number of hydrogen-bond donors (Lipinski definition) is 2. The predicted octanol–water partition coefficient (Wildman–Crippen LogP) is 1.68. The summed E-state index contributed by atoms with van der Waals surface area (Å²) in [5, 5.41) is 9.46. The van der Waals surface area contributed by atoms with Gasteiger partial charge in [0.05, 0.1) is 5.52 Å². The molecule has 1 aromatic carbocycles. The highest BCUT2D eigenvalue weighted by Crippen LogP contribution is 2.18. The molecule has 0 aliphatic rings. The average Bonchev–Trinajstić information content (AvgIpc) is 2.60. The number of benzene rings is 1. The number of aromatic amines is 1. The number of carboxylic acid groups (broad SMARTS) is 1. The van der Waals surface area contributed by atoms with Gasteiger partial charge < -0.3 is 10.1 Å². The first kappa shape index (κ1) is 8.50. The van der Waals surface area contributed by atoms with Gasteiger partial charge >= 0.3 is 5.97 Å². The van der Waals surface area contributed by atoms with Crippen molar-refractivity contribution in [2.24, 2.45) is 0 Å². The molecule has 4 nitrogen and oxygen atoms in total. The van der Waals surface area contributed by atoms with Crippen LogP contribution < -0.4 is 0 Å². The zero-order valence-electron chi connectivity index (χ0n) is 7.15. The number of aromatic nitrogens is 1. The van der Waals surface area contributed by atoms with Crippen LogP contribution in [0.2, 0.25) is 0 Å². The van der Waals surface area contributed by atoms with E-state index in [4.69, 9.17) is 5.11 Å². The van der Waals surface area contributed by atoms with Gasteiger partial charge in [0.15, 0.2) is 6.29 Å². The van der Waals surface area contributed by atoms with Gasteiger partial charge in [0.2, 0.25) is 0 Å². The van der Waals surface area contributed by atoms with Crippen LogP contribution in [0.5, 0.6) is 0 Å². The summed E-state index contributed by atoms with van der Waals surface area (Å²) in [5.41, 5.74) is 1.13. The van der Waals surface area contributed by atoms with Crippen LogP contribution in [0.4, 0.5) is 0 Å². The molecule has 14 heavy (non-hydrogen) atoms. The molecule has 0 radical (unpaired) electrons. The summed E-state index contributed by atoms with van der Waals surface area (Å²) in [6.07, 6.45) is 0.699. The smallest absolute Gasteiger partial charge is 0.352 e. The second kappa shape index (κ2) is 2.99. The summed E-state index contributed by atoms with van der Waals surface area (Å²) < 4.78 is 0. The number of hydrogen-bond acceptors (Lipinski definition) is 2. The van der Waals surface area contributed by atoms with E-state index in [-0.39, 0.29) is 5.69 Å². The van der Waals surface area contributed by atoms with E-state index in [0.29, 0.717) is 17.4 Å². The largest absolute Gasteiger partial charge is 0.477 e. The zero-order chi connectivity index (χ0) is 10.1. The summed E-state index contributed by atoms with van der Waals surface area (Å²) in [5.74, 6) is -1.03. The van der Waals surface area contributed by atoms with Gasteiger partial charge in [0.1, 0.15) is 5.69 Å². The molecule has 4 heteroatoms. The molecule has 0 fully saturated rings. The first-order chi connectivity index (χ1) is 6.72. The Labute approximate surface area is 79.2 Å². The van der Waals surface area contributed by atoms with Crippen molar-refractivity contribution in [2.75, 3.05) is 0 Å². The van der Waals surface area contributed by atoms with E-state index in [1.165, 1.54) is 6.07 Å². The third-order valence-electron chi connectivity index (χ3n) is 2.05. The van der Waals surface area contributed by atoms with Gasteiger partial charge in [-0.3, -0.25) is 4.79 Å². The molecular weight excluding hydrogens is 182 g/mol. The lowest BCUT2D eigenvalue weighted by molar-refractivity contribution is 0.0691. The lowest BCUT2D eigenvalue weighted by atomic mass is 10.2. The molecular formula is C10H7NO3. The molecule has 0 atom stereocenters. The van der Waals surface area contributed by atoms with Gasteiger partial charge in [-0.05, 0) is 12.1 Å². The fourth-order valence-corrected chi connectivity index (χ4v) is 1.39. The molecule has 2 rings (SSSR count). The standard InChI is InChI=1S/C10H7NO3/c12-5-7-3-1-2-6-4-8(10(13)14)11-9(6)7/h1-5,11H,(H,13,14). The zero-order valence-corrected chi connectivity index (χ0v) is 7.15. The van der Waals surface area contributed by atoms with Crippen molar-refractivity contribution in [2.45, 2.75) is 0 Å². The van der Waals surface area contributed by atoms with Crippen molar-refractivity contribution < 1.29 is 14.7 Å². The van der Waals surface area contributed by atoms with Crippen LogP contribution in [0.3, 0.4) is 0 Å². The lowest BCUT2D eigenvalue weighted by Gasteiger charge is -1.91. The van der Waals surface area contributed by atoms with Crippen molar-refractivity contribution in [3.8, 4) is 0 Å². The van der Waals surface area contributed by atoms with Gasteiger partial charge in [-0.15, -0.1) is 0 Å². The van der Waals surface area contributed by atoms with Gasteiger partial charge in [-0.1, -0.05) is 12.1 Å². The minimum absolute atomic E-state index is 0.0919. The summed E-state index contributed by atoms with van der Waals surface area (Å²) in [6.45, 7) is 0. The van der Waals surface area contributed by atoms with E-state index in [9.17, 15) is 9.59 Å². The monoisotopic (exact) mass is 189 g/mol. The predicted molar refractivity (Wildman–Crippen MR) is 50.6 cm³/mol. The van der Waals surface area contributed by atoms with Crippen molar-refractivity contribution >= 4 is 23.2 Å². The first-order valence-corrected chi connectivity index (χ1v) is 4.02. The third-order valence-corrected chi connectivity index (χ3v) is 2.05. The summed E-state index contributed by atoms with van der Waals surface area (Å²) in [4.78, 5) is 24.0. The van der Waals surface area contributed by atoms with E-state index in [2.05, 4.69) is 4.98 Å². The molecule has 2 aromatic rings. The minimum atomic E-state index is -1.03. The SMILES string of the molecule is O=Cc1cccc2cc(C(=O)O)[nH]c12. The van der Waals surface area contributed by atoms with Gasteiger partial charge in [0.25, 0.3) is 0 Å². The Morgan fingerprint density at radius 1 is 1.43 bits per heavy atom.